The van der Waals surface area contributed by atoms with Crippen molar-refractivity contribution in [2.45, 2.75) is 65.1 Å². The molecule has 0 aromatic carbocycles. The fraction of sp³-hybridized carbons (Fsp3) is 0.632. The Kier molecular flexibility index (Phi) is 6.71. The Morgan fingerprint density at radius 3 is 2.96 bits per heavy atom. The van der Waals surface area contributed by atoms with Gasteiger partial charge in [-0.1, -0.05) is 0 Å². The second kappa shape index (κ2) is 9.21. The SMILES string of the molecule is CN=C(NCCCn1nc2n(c1=O)CCCC2)NC(C)Cc1ccc(C)s1. The van der Waals surface area contributed by atoms with Crippen LogP contribution in [-0.4, -0.2) is 39.9 Å². The fourth-order valence-corrected chi connectivity index (χ4v) is 4.42. The van der Waals surface area contributed by atoms with Gasteiger partial charge < -0.3 is 10.6 Å². The van der Waals surface area contributed by atoms with Crippen LogP contribution in [0.4, 0.5) is 0 Å². The van der Waals surface area contributed by atoms with E-state index in [2.05, 4.69) is 46.7 Å². The molecule has 0 fully saturated rings. The van der Waals surface area contributed by atoms with E-state index in [4.69, 9.17) is 0 Å². The first kappa shape index (κ1) is 19.7. The zero-order valence-electron chi connectivity index (χ0n) is 16.5. The Hall–Kier alpha value is -2.09. The van der Waals surface area contributed by atoms with E-state index in [1.54, 1.807) is 11.7 Å². The quantitative estimate of drug-likeness (QED) is 0.430. The number of nitrogens with one attached hydrogen (secondary N) is 2. The molecule has 0 spiro atoms. The van der Waals surface area contributed by atoms with Crippen LogP contribution in [0.3, 0.4) is 0 Å². The topological polar surface area (TPSA) is 76.2 Å². The van der Waals surface area contributed by atoms with Gasteiger partial charge in [-0.3, -0.25) is 9.56 Å². The largest absolute Gasteiger partial charge is 0.356 e. The Morgan fingerprint density at radius 2 is 2.26 bits per heavy atom. The van der Waals surface area contributed by atoms with Crippen LogP contribution in [0.1, 0.15) is 41.8 Å². The Balaban J connectivity index is 1.42. The number of fused-ring (bicyclic) bond motifs is 1. The first-order valence-corrected chi connectivity index (χ1v) is 10.6. The van der Waals surface area contributed by atoms with E-state index in [1.165, 1.54) is 9.75 Å². The monoisotopic (exact) mass is 390 g/mol. The number of rotatable bonds is 7. The van der Waals surface area contributed by atoms with Gasteiger partial charge in [0.2, 0.25) is 0 Å². The van der Waals surface area contributed by atoms with Crippen LogP contribution >= 0.6 is 11.3 Å². The predicted octanol–water partition coefficient (Wildman–Crippen LogP) is 1.94. The molecule has 0 saturated heterocycles. The van der Waals surface area contributed by atoms with Crippen molar-refractivity contribution in [1.82, 2.24) is 25.0 Å². The molecule has 3 rings (SSSR count). The first-order chi connectivity index (χ1) is 13.1. The van der Waals surface area contributed by atoms with E-state index in [0.29, 0.717) is 12.6 Å². The third-order valence-corrected chi connectivity index (χ3v) is 5.80. The van der Waals surface area contributed by atoms with E-state index < -0.39 is 0 Å². The minimum absolute atomic E-state index is 0.0343. The van der Waals surface area contributed by atoms with Gasteiger partial charge in [-0.15, -0.1) is 11.3 Å². The lowest BCUT2D eigenvalue weighted by Gasteiger charge is -2.17. The molecule has 2 aromatic heterocycles. The summed E-state index contributed by atoms with van der Waals surface area (Å²) in [4.78, 5) is 19.4. The fourth-order valence-electron chi connectivity index (χ4n) is 3.41. The van der Waals surface area contributed by atoms with Gasteiger partial charge >= 0.3 is 5.69 Å². The molecule has 0 saturated carbocycles. The lowest BCUT2D eigenvalue weighted by atomic mass is 10.2. The summed E-state index contributed by atoms with van der Waals surface area (Å²) >= 11 is 1.84. The summed E-state index contributed by atoms with van der Waals surface area (Å²) in [7, 11) is 1.78. The molecule has 7 nitrogen and oxygen atoms in total. The van der Waals surface area contributed by atoms with E-state index >= 15 is 0 Å². The molecular weight excluding hydrogens is 360 g/mol. The third-order valence-electron chi connectivity index (χ3n) is 4.78. The van der Waals surface area contributed by atoms with Gasteiger partial charge in [-0.2, -0.15) is 5.10 Å². The zero-order valence-corrected chi connectivity index (χ0v) is 17.3. The van der Waals surface area contributed by atoms with Crippen molar-refractivity contribution in [2.75, 3.05) is 13.6 Å². The average Bonchev–Trinajstić information content (AvgIpc) is 3.21. The maximum atomic E-state index is 12.3. The summed E-state index contributed by atoms with van der Waals surface area (Å²) in [6.45, 7) is 6.49. The summed E-state index contributed by atoms with van der Waals surface area (Å²) < 4.78 is 3.44. The molecular formula is C19H30N6OS. The molecule has 0 bridgehead atoms. The summed E-state index contributed by atoms with van der Waals surface area (Å²) in [5.74, 6) is 1.74. The van der Waals surface area contributed by atoms with E-state index in [-0.39, 0.29) is 5.69 Å². The van der Waals surface area contributed by atoms with Gasteiger partial charge in [0.25, 0.3) is 0 Å². The van der Waals surface area contributed by atoms with E-state index in [0.717, 1.165) is 57.0 Å². The standard InChI is InChI=1S/C19H30N6OS/c1-14(13-16-9-8-15(2)27-16)22-18(20-3)21-10-6-12-25-19(26)24-11-5-4-7-17(24)23-25/h8-9,14H,4-7,10-13H2,1-3H3,(H2,20,21,22). The maximum Gasteiger partial charge on any atom is 0.345 e. The van der Waals surface area contributed by atoms with Crippen LogP contribution in [0, 0.1) is 6.92 Å². The molecule has 2 aromatic rings. The molecule has 27 heavy (non-hydrogen) atoms. The minimum Gasteiger partial charge on any atom is -0.356 e. The molecule has 0 amide bonds. The summed E-state index contributed by atoms with van der Waals surface area (Å²) in [5.41, 5.74) is 0.0343. The number of hydrogen-bond donors (Lipinski definition) is 2. The normalized spacial score (nSPS) is 15.4. The maximum absolute atomic E-state index is 12.3. The van der Waals surface area contributed by atoms with Crippen molar-refractivity contribution in [3.63, 3.8) is 0 Å². The smallest absolute Gasteiger partial charge is 0.345 e. The van der Waals surface area contributed by atoms with E-state index in [9.17, 15) is 4.79 Å². The van der Waals surface area contributed by atoms with Crippen LogP contribution in [-0.2, 0) is 25.9 Å². The highest BCUT2D eigenvalue weighted by atomic mass is 32.1. The summed E-state index contributed by atoms with van der Waals surface area (Å²) in [6, 6.07) is 4.66. The highest BCUT2D eigenvalue weighted by Crippen LogP contribution is 2.16. The van der Waals surface area contributed by atoms with Crippen molar-refractivity contribution in [2.24, 2.45) is 4.99 Å². The van der Waals surface area contributed by atoms with Gasteiger partial charge in [0.15, 0.2) is 5.96 Å². The molecule has 0 aliphatic carbocycles. The molecule has 1 atom stereocenters. The van der Waals surface area contributed by atoms with Gasteiger partial charge in [-0.05, 0) is 45.2 Å². The van der Waals surface area contributed by atoms with Crippen LogP contribution in [0.2, 0.25) is 0 Å². The van der Waals surface area contributed by atoms with Crippen molar-refractivity contribution < 1.29 is 0 Å². The number of thiophene rings is 1. The second-order valence-electron chi connectivity index (χ2n) is 7.15. The lowest BCUT2D eigenvalue weighted by Crippen LogP contribution is -2.43. The van der Waals surface area contributed by atoms with Crippen molar-refractivity contribution in [3.8, 4) is 0 Å². The van der Waals surface area contributed by atoms with Crippen molar-refractivity contribution in [3.05, 3.63) is 38.2 Å². The highest BCUT2D eigenvalue weighted by Gasteiger charge is 2.16. The number of aliphatic imine (C=N–C) groups is 1. The molecule has 1 unspecified atom stereocenters. The minimum atomic E-state index is 0.0343. The Bertz CT molecular complexity index is 834. The van der Waals surface area contributed by atoms with Crippen LogP contribution in [0.5, 0.6) is 0 Å². The Morgan fingerprint density at radius 1 is 1.41 bits per heavy atom. The molecule has 2 N–H and O–H groups in total. The number of aromatic nitrogens is 3. The summed E-state index contributed by atoms with van der Waals surface area (Å²) in [5, 5.41) is 11.2. The average molecular weight is 391 g/mol. The third kappa shape index (κ3) is 5.22. The number of guanidine groups is 1. The molecule has 1 aliphatic heterocycles. The summed E-state index contributed by atoms with van der Waals surface area (Å²) in [6.07, 6.45) is 4.93. The second-order valence-corrected chi connectivity index (χ2v) is 8.52. The van der Waals surface area contributed by atoms with Gasteiger partial charge in [0.1, 0.15) is 5.82 Å². The lowest BCUT2D eigenvalue weighted by molar-refractivity contribution is 0.509. The number of nitrogens with zero attached hydrogens (tertiary/aromatic N) is 4. The van der Waals surface area contributed by atoms with Gasteiger partial charge in [-0.25, -0.2) is 9.48 Å². The highest BCUT2D eigenvalue weighted by molar-refractivity contribution is 7.11. The van der Waals surface area contributed by atoms with Gasteiger partial charge in [0.05, 0.1) is 0 Å². The van der Waals surface area contributed by atoms with Crippen LogP contribution in [0.15, 0.2) is 21.9 Å². The number of aryl methyl sites for hydroxylation is 3. The molecule has 3 heterocycles. The van der Waals surface area contributed by atoms with Crippen molar-refractivity contribution >= 4 is 17.3 Å². The Labute approximate surface area is 164 Å². The van der Waals surface area contributed by atoms with Gasteiger partial charge in [0, 0.05) is 55.3 Å². The first-order valence-electron chi connectivity index (χ1n) is 9.76. The van der Waals surface area contributed by atoms with Crippen molar-refractivity contribution in [1.29, 1.82) is 0 Å². The predicted molar refractivity (Wildman–Crippen MR) is 111 cm³/mol. The zero-order chi connectivity index (χ0) is 19.2. The molecule has 8 heteroatoms. The molecule has 0 radical (unpaired) electrons. The van der Waals surface area contributed by atoms with Crippen LogP contribution < -0.4 is 16.3 Å². The van der Waals surface area contributed by atoms with Crippen LogP contribution in [0.25, 0.3) is 0 Å². The molecule has 1 aliphatic rings. The van der Waals surface area contributed by atoms with E-state index in [1.807, 2.05) is 15.9 Å². The molecule has 148 valence electrons. The number of hydrogen-bond acceptors (Lipinski definition) is 4.